The minimum Gasteiger partial charge on any atom is -0.395 e. The molecule has 5 nitrogen and oxygen atoms in total. The molecule has 0 unspecified atom stereocenters. The minimum absolute atomic E-state index is 0.0972. The summed E-state index contributed by atoms with van der Waals surface area (Å²) in [5, 5.41) is 12.6. The van der Waals surface area contributed by atoms with Gasteiger partial charge in [0, 0.05) is 6.54 Å². The minimum atomic E-state index is -3.50. The number of aliphatic hydroxyl groups excluding tert-OH is 1. The number of primary sulfonamides is 1. The summed E-state index contributed by atoms with van der Waals surface area (Å²) >= 11 is 0. The number of hydrogen-bond acceptors (Lipinski definition) is 4. The van der Waals surface area contributed by atoms with Crippen LogP contribution in [0.15, 0.2) is 35.2 Å². The summed E-state index contributed by atoms with van der Waals surface area (Å²) in [6.45, 7) is 0.472. The van der Waals surface area contributed by atoms with Crippen molar-refractivity contribution in [3.63, 3.8) is 0 Å². The first-order chi connectivity index (χ1) is 6.52. The van der Waals surface area contributed by atoms with Gasteiger partial charge in [-0.1, -0.05) is 18.2 Å². The number of sulfonamides is 1. The van der Waals surface area contributed by atoms with Crippen LogP contribution in [0.1, 0.15) is 0 Å². The molecule has 0 fully saturated rings. The Morgan fingerprint density at radius 1 is 1.21 bits per heavy atom. The highest BCUT2D eigenvalue weighted by Gasteiger charge is 2.03. The molecule has 1 aromatic carbocycles. The van der Waals surface area contributed by atoms with Crippen LogP contribution >= 0.6 is 0 Å². The van der Waals surface area contributed by atoms with E-state index in [1.807, 2.05) is 0 Å². The average molecular weight is 218 g/mol. The molecule has 0 aliphatic heterocycles. The SMILES string of the molecule is NCCO.NS(=O)(=O)c1ccccc1. The molecule has 1 rings (SSSR count). The fourth-order valence-electron chi connectivity index (χ4n) is 0.610. The number of aliphatic hydroxyl groups is 1. The smallest absolute Gasteiger partial charge is 0.238 e. The van der Waals surface area contributed by atoms with Crippen molar-refractivity contribution in [2.75, 3.05) is 13.2 Å². The van der Waals surface area contributed by atoms with Crippen LogP contribution in [-0.2, 0) is 10.0 Å². The van der Waals surface area contributed by atoms with E-state index in [1.54, 1.807) is 18.2 Å². The van der Waals surface area contributed by atoms with Crippen molar-refractivity contribution < 1.29 is 13.5 Å². The number of benzene rings is 1. The van der Waals surface area contributed by atoms with Gasteiger partial charge in [-0.15, -0.1) is 0 Å². The van der Waals surface area contributed by atoms with Gasteiger partial charge in [0.2, 0.25) is 10.0 Å². The van der Waals surface area contributed by atoms with E-state index in [1.165, 1.54) is 12.1 Å². The first-order valence-corrected chi connectivity index (χ1v) is 5.45. The third kappa shape index (κ3) is 5.65. The Hall–Kier alpha value is -0.950. The van der Waals surface area contributed by atoms with Gasteiger partial charge in [-0.3, -0.25) is 0 Å². The summed E-state index contributed by atoms with van der Waals surface area (Å²) in [6, 6.07) is 7.89. The molecule has 0 radical (unpaired) electrons. The summed E-state index contributed by atoms with van der Waals surface area (Å²) in [7, 11) is -3.50. The molecule has 0 saturated heterocycles. The van der Waals surface area contributed by atoms with Gasteiger partial charge >= 0.3 is 0 Å². The third-order valence-corrected chi connectivity index (χ3v) is 2.13. The molecule has 1 aromatic rings. The first-order valence-electron chi connectivity index (χ1n) is 3.91. The van der Waals surface area contributed by atoms with E-state index < -0.39 is 10.0 Å². The Kier molecular flexibility index (Phi) is 6.06. The fourth-order valence-corrected chi connectivity index (χ4v) is 1.15. The quantitative estimate of drug-likeness (QED) is 0.608. The van der Waals surface area contributed by atoms with Crippen molar-refractivity contribution in [3.8, 4) is 0 Å². The molecule has 80 valence electrons. The standard InChI is InChI=1S/C6H7NO2S.C2H7NO/c7-10(8,9)6-4-2-1-3-5-6;3-1-2-4/h1-5H,(H2,7,8,9);4H,1-3H2. The van der Waals surface area contributed by atoms with Crippen LogP contribution in [0.5, 0.6) is 0 Å². The van der Waals surface area contributed by atoms with Gasteiger partial charge in [0.05, 0.1) is 11.5 Å². The van der Waals surface area contributed by atoms with Crippen molar-refractivity contribution in [1.29, 1.82) is 0 Å². The lowest BCUT2D eigenvalue weighted by molar-refractivity contribution is 0.306. The monoisotopic (exact) mass is 218 g/mol. The molecule has 0 bridgehead atoms. The first kappa shape index (κ1) is 13.1. The maximum atomic E-state index is 10.6. The van der Waals surface area contributed by atoms with E-state index >= 15 is 0 Å². The van der Waals surface area contributed by atoms with Crippen LogP contribution in [0.3, 0.4) is 0 Å². The molecular formula is C8H14N2O3S. The van der Waals surface area contributed by atoms with Gasteiger partial charge in [-0.2, -0.15) is 0 Å². The van der Waals surface area contributed by atoms with E-state index in [-0.39, 0.29) is 11.5 Å². The second-order valence-corrected chi connectivity index (χ2v) is 3.93. The maximum Gasteiger partial charge on any atom is 0.238 e. The van der Waals surface area contributed by atoms with E-state index in [0.29, 0.717) is 6.54 Å². The Balaban J connectivity index is 0.000000364. The zero-order chi connectivity index (χ0) is 11.0. The molecule has 5 N–H and O–H groups in total. The van der Waals surface area contributed by atoms with Gasteiger partial charge in [0.1, 0.15) is 0 Å². The van der Waals surface area contributed by atoms with Crippen LogP contribution in [0, 0.1) is 0 Å². The molecule has 0 amide bonds. The summed E-state index contributed by atoms with van der Waals surface area (Å²) in [6.07, 6.45) is 0. The fraction of sp³-hybridized carbons (Fsp3) is 0.250. The van der Waals surface area contributed by atoms with Crippen LogP contribution in [0.4, 0.5) is 0 Å². The molecule has 0 saturated carbocycles. The highest BCUT2D eigenvalue weighted by atomic mass is 32.2. The molecule has 0 aliphatic rings. The molecule has 0 aliphatic carbocycles. The van der Waals surface area contributed by atoms with Crippen molar-refractivity contribution in [2.45, 2.75) is 4.90 Å². The van der Waals surface area contributed by atoms with E-state index in [9.17, 15) is 8.42 Å². The van der Waals surface area contributed by atoms with E-state index in [4.69, 9.17) is 16.0 Å². The lowest BCUT2D eigenvalue weighted by atomic mass is 10.4. The largest absolute Gasteiger partial charge is 0.395 e. The third-order valence-electron chi connectivity index (χ3n) is 1.20. The van der Waals surface area contributed by atoms with Gasteiger partial charge in [-0.05, 0) is 12.1 Å². The van der Waals surface area contributed by atoms with Gasteiger partial charge in [-0.25, -0.2) is 13.6 Å². The number of rotatable bonds is 2. The van der Waals surface area contributed by atoms with Crippen molar-refractivity contribution in [2.24, 2.45) is 10.9 Å². The number of hydrogen-bond donors (Lipinski definition) is 3. The number of nitrogens with two attached hydrogens (primary N) is 2. The van der Waals surface area contributed by atoms with E-state index in [2.05, 4.69) is 0 Å². The van der Waals surface area contributed by atoms with Crippen LogP contribution in [0.2, 0.25) is 0 Å². The summed E-state index contributed by atoms with van der Waals surface area (Å²) < 4.78 is 21.2. The Bertz CT molecular complexity index is 335. The van der Waals surface area contributed by atoms with E-state index in [0.717, 1.165) is 0 Å². The summed E-state index contributed by atoms with van der Waals surface area (Å²) in [4.78, 5) is 0.148. The molecule has 0 atom stereocenters. The lowest BCUT2D eigenvalue weighted by Crippen LogP contribution is -2.11. The Morgan fingerprint density at radius 3 is 1.86 bits per heavy atom. The highest BCUT2D eigenvalue weighted by molar-refractivity contribution is 7.89. The molecule has 0 heterocycles. The van der Waals surface area contributed by atoms with Crippen molar-refractivity contribution in [3.05, 3.63) is 30.3 Å². The van der Waals surface area contributed by atoms with Gasteiger partial charge in [0.15, 0.2) is 0 Å². The van der Waals surface area contributed by atoms with Gasteiger partial charge < -0.3 is 10.8 Å². The predicted molar refractivity (Wildman–Crippen MR) is 54.0 cm³/mol. The normalized spacial score (nSPS) is 10.2. The Labute approximate surface area is 83.4 Å². The predicted octanol–water partition coefficient (Wildman–Crippen LogP) is -0.729. The zero-order valence-electron chi connectivity index (χ0n) is 7.63. The molecule has 0 aromatic heterocycles. The summed E-state index contributed by atoms with van der Waals surface area (Å²) in [5.74, 6) is 0. The summed E-state index contributed by atoms with van der Waals surface area (Å²) in [5.41, 5.74) is 4.78. The van der Waals surface area contributed by atoms with Crippen molar-refractivity contribution in [1.82, 2.24) is 0 Å². The molecular weight excluding hydrogens is 204 g/mol. The lowest BCUT2D eigenvalue weighted by Gasteiger charge is -1.93. The van der Waals surface area contributed by atoms with Crippen LogP contribution in [-0.4, -0.2) is 26.7 Å². The second-order valence-electron chi connectivity index (χ2n) is 2.37. The molecule has 6 heteroatoms. The van der Waals surface area contributed by atoms with Gasteiger partial charge in [0.25, 0.3) is 0 Å². The molecule has 14 heavy (non-hydrogen) atoms. The molecule has 0 spiro atoms. The highest BCUT2D eigenvalue weighted by Crippen LogP contribution is 2.02. The zero-order valence-corrected chi connectivity index (χ0v) is 8.44. The second kappa shape index (κ2) is 6.50. The topological polar surface area (TPSA) is 106 Å². The average Bonchev–Trinajstić information content (AvgIpc) is 2.18. The van der Waals surface area contributed by atoms with Crippen LogP contribution < -0.4 is 10.9 Å². The Morgan fingerprint density at radius 2 is 1.64 bits per heavy atom. The van der Waals surface area contributed by atoms with Crippen LogP contribution in [0.25, 0.3) is 0 Å². The van der Waals surface area contributed by atoms with Crippen molar-refractivity contribution >= 4 is 10.0 Å². The maximum absolute atomic E-state index is 10.6.